The van der Waals surface area contributed by atoms with Gasteiger partial charge in [-0.25, -0.2) is 0 Å². The average Bonchev–Trinajstić information content (AvgIpc) is 3.21. The first-order chi connectivity index (χ1) is 12.1. The summed E-state index contributed by atoms with van der Waals surface area (Å²) >= 11 is 0. The molecule has 2 amide bonds. The average molecular weight is 337 g/mol. The zero-order valence-corrected chi connectivity index (χ0v) is 14.4. The molecule has 0 radical (unpaired) electrons. The Balaban J connectivity index is 1.55. The van der Waals surface area contributed by atoms with Gasteiger partial charge in [-0.3, -0.25) is 9.59 Å². The van der Waals surface area contributed by atoms with Crippen LogP contribution < -0.4 is 10.2 Å². The molecule has 0 aliphatic carbocycles. The van der Waals surface area contributed by atoms with Gasteiger partial charge < -0.3 is 15.1 Å². The minimum Gasteiger partial charge on any atom is -0.376 e. The van der Waals surface area contributed by atoms with E-state index >= 15 is 0 Å². The van der Waals surface area contributed by atoms with Crippen molar-refractivity contribution in [3.05, 3.63) is 60.2 Å². The number of amides is 2. The summed E-state index contributed by atoms with van der Waals surface area (Å²) in [6, 6.07) is 16.9. The van der Waals surface area contributed by atoms with Crippen molar-refractivity contribution in [2.75, 3.05) is 36.9 Å². The van der Waals surface area contributed by atoms with E-state index in [0.717, 1.165) is 37.3 Å². The largest absolute Gasteiger partial charge is 0.376 e. The van der Waals surface area contributed by atoms with Crippen LogP contribution in [0.25, 0.3) is 0 Å². The summed E-state index contributed by atoms with van der Waals surface area (Å²) in [6.45, 7) is 1.89. The molecule has 0 aromatic heterocycles. The molecule has 5 heteroatoms. The zero-order valence-electron chi connectivity index (χ0n) is 14.4. The normalized spacial score (nSPS) is 13.6. The molecule has 0 unspecified atom stereocenters. The summed E-state index contributed by atoms with van der Waals surface area (Å²) in [7, 11) is 1.76. The molecule has 0 bridgehead atoms. The SMILES string of the molecule is CN(C(=O)CNc1ccc(C(=O)N2CCCC2)cc1)c1ccccc1. The number of hydrogen-bond donors (Lipinski definition) is 1. The number of rotatable bonds is 5. The fraction of sp³-hybridized carbons (Fsp3) is 0.300. The van der Waals surface area contributed by atoms with E-state index < -0.39 is 0 Å². The van der Waals surface area contributed by atoms with Crippen LogP contribution in [0.3, 0.4) is 0 Å². The molecule has 25 heavy (non-hydrogen) atoms. The van der Waals surface area contributed by atoms with E-state index in [9.17, 15) is 9.59 Å². The highest BCUT2D eigenvalue weighted by atomic mass is 16.2. The first kappa shape index (κ1) is 17.0. The van der Waals surface area contributed by atoms with Crippen molar-refractivity contribution in [3.8, 4) is 0 Å². The molecule has 2 aromatic carbocycles. The van der Waals surface area contributed by atoms with Crippen LogP contribution in [0.2, 0.25) is 0 Å². The smallest absolute Gasteiger partial charge is 0.253 e. The predicted octanol–water partition coefficient (Wildman–Crippen LogP) is 3.00. The zero-order chi connectivity index (χ0) is 17.6. The third-order valence-electron chi connectivity index (χ3n) is 4.49. The highest BCUT2D eigenvalue weighted by molar-refractivity contribution is 5.96. The minimum absolute atomic E-state index is 0.0246. The molecule has 1 fully saturated rings. The molecule has 1 saturated heterocycles. The van der Waals surface area contributed by atoms with Gasteiger partial charge in [0, 0.05) is 37.1 Å². The Hall–Kier alpha value is -2.82. The highest BCUT2D eigenvalue weighted by Gasteiger charge is 2.19. The molecule has 1 heterocycles. The fourth-order valence-corrected chi connectivity index (χ4v) is 2.93. The molecular weight excluding hydrogens is 314 g/mol. The minimum atomic E-state index is -0.0246. The second kappa shape index (κ2) is 7.83. The van der Waals surface area contributed by atoms with Crippen LogP contribution in [0.1, 0.15) is 23.2 Å². The summed E-state index contributed by atoms with van der Waals surface area (Å²) in [5.74, 6) is 0.0624. The van der Waals surface area contributed by atoms with Crippen molar-refractivity contribution in [1.29, 1.82) is 0 Å². The molecule has 1 N–H and O–H groups in total. The second-order valence-corrected chi connectivity index (χ2v) is 6.22. The summed E-state index contributed by atoms with van der Waals surface area (Å²) in [5.41, 5.74) is 2.38. The Labute approximate surface area is 148 Å². The summed E-state index contributed by atoms with van der Waals surface area (Å²) in [6.07, 6.45) is 2.17. The second-order valence-electron chi connectivity index (χ2n) is 6.22. The van der Waals surface area contributed by atoms with Gasteiger partial charge in [0.05, 0.1) is 6.54 Å². The van der Waals surface area contributed by atoms with Gasteiger partial charge in [0.2, 0.25) is 5.91 Å². The fourth-order valence-electron chi connectivity index (χ4n) is 2.93. The van der Waals surface area contributed by atoms with E-state index in [1.807, 2.05) is 59.5 Å². The quantitative estimate of drug-likeness (QED) is 0.912. The standard InChI is InChI=1S/C20H23N3O2/c1-22(18-7-3-2-4-8-18)19(24)15-21-17-11-9-16(10-12-17)20(25)23-13-5-6-14-23/h2-4,7-12,21H,5-6,13-15H2,1H3. The Morgan fingerprint density at radius 1 is 1.00 bits per heavy atom. The molecule has 0 atom stereocenters. The van der Waals surface area contributed by atoms with Gasteiger partial charge in [-0.1, -0.05) is 18.2 Å². The Kier molecular flexibility index (Phi) is 5.33. The van der Waals surface area contributed by atoms with Crippen molar-refractivity contribution in [2.45, 2.75) is 12.8 Å². The van der Waals surface area contributed by atoms with Crippen LogP contribution in [0.4, 0.5) is 11.4 Å². The number of likely N-dealkylation sites (tertiary alicyclic amines) is 1. The van der Waals surface area contributed by atoms with E-state index in [4.69, 9.17) is 0 Å². The number of anilines is 2. The number of nitrogens with zero attached hydrogens (tertiary/aromatic N) is 2. The maximum absolute atomic E-state index is 12.3. The van der Waals surface area contributed by atoms with Crippen molar-refractivity contribution in [1.82, 2.24) is 4.90 Å². The molecule has 2 aromatic rings. The molecule has 5 nitrogen and oxygen atoms in total. The lowest BCUT2D eigenvalue weighted by atomic mass is 10.2. The van der Waals surface area contributed by atoms with Gasteiger partial charge in [0.15, 0.2) is 0 Å². The van der Waals surface area contributed by atoms with Gasteiger partial charge >= 0.3 is 0 Å². The number of carbonyl (C=O) groups excluding carboxylic acids is 2. The van der Waals surface area contributed by atoms with Crippen LogP contribution in [0.5, 0.6) is 0 Å². The van der Waals surface area contributed by atoms with Crippen molar-refractivity contribution in [2.24, 2.45) is 0 Å². The Morgan fingerprint density at radius 3 is 2.28 bits per heavy atom. The van der Waals surface area contributed by atoms with Crippen molar-refractivity contribution in [3.63, 3.8) is 0 Å². The third-order valence-corrected chi connectivity index (χ3v) is 4.49. The van der Waals surface area contributed by atoms with E-state index in [0.29, 0.717) is 5.56 Å². The molecule has 1 aliphatic heterocycles. The first-order valence-corrected chi connectivity index (χ1v) is 8.60. The molecule has 0 spiro atoms. The predicted molar refractivity (Wildman–Crippen MR) is 99.9 cm³/mol. The van der Waals surface area contributed by atoms with Crippen LogP contribution in [-0.2, 0) is 4.79 Å². The lowest BCUT2D eigenvalue weighted by Gasteiger charge is -2.18. The summed E-state index contributed by atoms with van der Waals surface area (Å²) < 4.78 is 0. The monoisotopic (exact) mass is 337 g/mol. The Bertz CT molecular complexity index is 722. The molecular formula is C20H23N3O2. The van der Waals surface area contributed by atoms with E-state index in [1.165, 1.54) is 0 Å². The van der Waals surface area contributed by atoms with Crippen LogP contribution in [-0.4, -0.2) is 43.4 Å². The van der Waals surface area contributed by atoms with Gasteiger partial charge in [0.1, 0.15) is 0 Å². The van der Waals surface area contributed by atoms with Crippen LogP contribution >= 0.6 is 0 Å². The van der Waals surface area contributed by atoms with Crippen LogP contribution in [0, 0.1) is 0 Å². The third kappa shape index (κ3) is 4.18. The van der Waals surface area contributed by atoms with Gasteiger partial charge in [-0.15, -0.1) is 0 Å². The number of carbonyl (C=O) groups is 2. The van der Waals surface area contributed by atoms with Gasteiger partial charge in [-0.05, 0) is 49.2 Å². The lowest BCUT2D eigenvalue weighted by Crippen LogP contribution is -2.32. The van der Waals surface area contributed by atoms with E-state index in [2.05, 4.69) is 5.32 Å². The lowest BCUT2D eigenvalue weighted by molar-refractivity contribution is -0.116. The molecule has 3 rings (SSSR count). The number of para-hydroxylation sites is 1. The molecule has 0 saturated carbocycles. The Morgan fingerprint density at radius 2 is 1.64 bits per heavy atom. The number of likely N-dealkylation sites (N-methyl/N-ethyl adjacent to an activating group) is 1. The topological polar surface area (TPSA) is 52.7 Å². The molecule has 130 valence electrons. The molecule has 1 aliphatic rings. The van der Waals surface area contributed by atoms with Crippen molar-refractivity contribution < 1.29 is 9.59 Å². The van der Waals surface area contributed by atoms with E-state index in [-0.39, 0.29) is 18.4 Å². The maximum atomic E-state index is 12.3. The van der Waals surface area contributed by atoms with E-state index in [1.54, 1.807) is 11.9 Å². The number of nitrogens with one attached hydrogen (secondary N) is 1. The van der Waals surface area contributed by atoms with Gasteiger partial charge in [-0.2, -0.15) is 0 Å². The van der Waals surface area contributed by atoms with Gasteiger partial charge in [0.25, 0.3) is 5.91 Å². The first-order valence-electron chi connectivity index (χ1n) is 8.60. The van der Waals surface area contributed by atoms with Crippen molar-refractivity contribution >= 4 is 23.2 Å². The summed E-state index contributed by atoms with van der Waals surface area (Å²) in [5, 5.41) is 3.11. The van der Waals surface area contributed by atoms with Crippen LogP contribution in [0.15, 0.2) is 54.6 Å². The highest BCUT2D eigenvalue weighted by Crippen LogP contribution is 2.16. The maximum Gasteiger partial charge on any atom is 0.253 e. The number of hydrogen-bond acceptors (Lipinski definition) is 3. The summed E-state index contributed by atoms with van der Waals surface area (Å²) in [4.78, 5) is 28.1. The number of benzene rings is 2.